The number of amides is 1. The van der Waals surface area contributed by atoms with Crippen molar-refractivity contribution in [2.75, 3.05) is 5.32 Å². The molecule has 1 aromatic heterocycles. The van der Waals surface area contributed by atoms with Crippen LogP contribution in [0, 0.1) is 13.8 Å². The fourth-order valence-electron chi connectivity index (χ4n) is 2.74. The summed E-state index contributed by atoms with van der Waals surface area (Å²) in [4.78, 5) is 21.3. The number of aryl methyl sites for hydroxylation is 2. The number of ether oxygens (including phenoxy) is 1. The number of rotatable bonds is 7. The Kier molecular flexibility index (Phi) is 6.44. The Morgan fingerprint density at radius 2 is 1.69 bits per heavy atom. The summed E-state index contributed by atoms with van der Waals surface area (Å²) in [7, 11) is 0. The maximum Gasteiger partial charge on any atom is 0.270 e. The predicted octanol–water partition coefficient (Wildman–Crippen LogP) is 4.55. The summed E-state index contributed by atoms with van der Waals surface area (Å²) in [6, 6.07) is 17.3. The van der Waals surface area contributed by atoms with Gasteiger partial charge >= 0.3 is 0 Å². The van der Waals surface area contributed by atoms with E-state index in [0.717, 1.165) is 17.0 Å². The van der Waals surface area contributed by atoms with Crippen molar-refractivity contribution in [3.05, 3.63) is 77.1 Å². The molecule has 0 aliphatic carbocycles. The summed E-state index contributed by atoms with van der Waals surface area (Å²) >= 11 is 0. The van der Waals surface area contributed by atoms with Crippen LogP contribution in [0.15, 0.2) is 54.6 Å². The van der Waals surface area contributed by atoms with Crippen molar-refractivity contribution in [2.45, 2.75) is 40.3 Å². The Balaban J connectivity index is 1.67. The van der Waals surface area contributed by atoms with Crippen molar-refractivity contribution in [2.24, 2.45) is 0 Å². The number of carbonyl (C=O) groups is 1. The van der Waals surface area contributed by atoms with Crippen molar-refractivity contribution >= 4 is 17.5 Å². The predicted molar refractivity (Wildman–Crippen MR) is 115 cm³/mol. The molecule has 0 aliphatic heterocycles. The Labute approximate surface area is 171 Å². The Morgan fingerprint density at radius 3 is 2.34 bits per heavy atom. The third-order valence-corrected chi connectivity index (χ3v) is 4.14. The molecule has 2 aromatic carbocycles. The topological polar surface area (TPSA) is 76.1 Å². The first-order valence-corrected chi connectivity index (χ1v) is 9.62. The third kappa shape index (κ3) is 6.04. The van der Waals surface area contributed by atoms with Crippen LogP contribution in [0.25, 0.3) is 0 Å². The molecule has 0 atom stereocenters. The SMILES string of the molecule is Cc1ccc(CNC(=O)c2cc(C)nc(Nc3ccc(OC(C)C)cc3)n2)cc1. The normalized spacial score (nSPS) is 10.7. The van der Waals surface area contributed by atoms with Gasteiger partial charge in [0, 0.05) is 17.9 Å². The molecule has 0 saturated heterocycles. The van der Waals surface area contributed by atoms with Crippen LogP contribution in [0.1, 0.15) is 41.2 Å². The molecular formula is C23H26N4O2. The van der Waals surface area contributed by atoms with Gasteiger partial charge in [-0.2, -0.15) is 0 Å². The smallest absolute Gasteiger partial charge is 0.270 e. The standard InChI is InChI=1S/C23H26N4O2/c1-15(2)29-20-11-9-19(10-12-20)26-23-25-17(4)13-21(27-23)22(28)24-14-18-7-5-16(3)6-8-18/h5-13,15H,14H2,1-4H3,(H,24,28)(H,25,26,27). The van der Waals surface area contributed by atoms with E-state index in [1.54, 1.807) is 6.07 Å². The minimum Gasteiger partial charge on any atom is -0.491 e. The van der Waals surface area contributed by atoms with Crippen molar-refractivity contribution in [3.63, 3.8) is 0 Å². The van der Waals surface area contributed by atoms with Crippen LogP contribution in [0.4, 0.5) is 11.6 Å². The summed E-state index contributed by atoms with van der Waals surface area (Å²) < 4.78 is 5.65. The van der Waals surface area contributed by atoms with E-state index >= 15 is 0 Å². The van der Waals surface area contributed by atoms with Crippen LogP contribution in [0.2, 0.25) is 0 Å². The average Bonchev–Trinajstić information content (AvgIpc) is 2.68. The van der Waals surface area contributed by atoms with Crippen molar-refractivity contribution in [1.29, 1.82) is 0 Å². The van der Waals surface area contributed by atoms with Crippen LogP contribution in [-0.4, -0.2) is 22.0 Å². The van der Waals surface area contributed by atoms with Crippen molar-refractivity contribution in [1.82, 2.24) is 15.3 Å². The molecule has 0 radical (unpaired) electrons. The zero-order valence-electron chi connectivity index (χ0n) is 17.2. The van der Waals surface area contributed by atoms with E-state index < -0.39 is 0 Å². The molecule has 1 heterocycles. The molecule has 0 aliphatic rings. The number of hydrogen-bond acceptors (Lipinski definition) is 5. The van der Waals surface area contributed by atoms with Gasteiger partial charge in [0.15, 0.2) is 0 Å². The monoisotopic (exact) mass is 390 g/mol. The summed E-state index contributed by atoms with van der Waals surface area (Å²) in [5, 5.41) is 6.05. The molecule has 0 unspecified atom stereocenters. The van der Waals surface area contributed by atoms with Crippen LogP contribution < -0.4 is 15.4 Å². The molecule has 150 valence electrons. The maximum absolute atomic E-state index is 12.5. The Bertz CT molecular complexity index is 967. The van der Waals surface area contributed by atoms with Gasteiger partial charge in [0.1, 0.15) is 11.4 Å². The van der Waals surface area contributed by atoms with E-state index in [1.165, 1.54) is 5.56 Å². The summed E-state index contributed by atoms with van der Waals surface area (Å²) in [6.07, 6.45) is 0.120. The largest absolute Gasteiger partial charge is 0.491 e. The number of aromatic nitrogens is 2. The Morgan fingerprint density at radius 1 is 1.00 bits per heavy atom. The second kappa shape index (κ2) is 9.19. The first kappa shape index (κ1) is 20.3. The van der Waals surface area contributed by atoms with E-state index in [1.807, 2.05) is 76.2 Å². The number of benzene rings is 2. The molecular weight excluding hydrogens is 364 g/mol. The average molecular weight is 390 g/mol. The number of nitrogens with one attached hydrogen (secondary N) is 2. The molecule has 6 heteroatoms. The van der Waals surface area contributed by atoms with E-state index in [0.29, 0.717) is 23.9 Å². The molecule has 0 spiro atoms. The van der Waals surface area contributed by atoms with Crippen LogP contribution >= 0.6 is 0 Å². The quantitative estimate of drug-likeness (QED) is 0.619. The minimum absolute atomic E-state index is 0.120. The first-order valence-electron chi connectivity index (χ1n) is 9.62. The minimum atomic E-state index is -0.236. The van der Waals surface area contributed by atoms with Crippen LogP contribution in [0.3, 0.4) is 0 Å². The van der Waals surface area contributed by atoms with E-state index in [4.69, 9.17) is 4.74 Å². The van der Waals surface area contributed by atoms with Gasteiger partial charge in [-0.05, 0) is 63.6 Å². The van der Waals surface area contributed by atoms with Crippen molar-refractivity contribution in [3.8, 4) is 5.75 Å². The summed E-state index contributed by atoms with van der Waals surface area (Å²) in [5.41, 5.74) is 4.08. The molecule has 0 fully saturated rings. The number of anilines is 2. The van der Waals surface area contributed by atoms with Crippen molar-refractivity contribution < 1.29 is 9.53 Å². The molecule has 3 rings (SSSR count). The number of nitrogens with zero attached hydrogens (tertiary/aromatic N) is 2. The van der Waals surface area contributed by atoms with Gasteiger partial charge in [-0.3, -0.25) is 4.79 Å². The molecule has 1 amide bonds. The Hall–Kier alpha value is -3.41. The maximum atomic E-state index is 12.5. The third-order valence-electron chi connectivity index (χ3n) is 4.14. The molecule has 3 aromatic rings. The lowest BCUT2D eigenvalue weighted by atomic mass is 10.1. The van der Waals surface area contributed by atoms with Crippen LogP contribution in [0.5, 0.6) is 5.75 Å². The zero-order chi connectivity index (χ0) is 20.8. The van der Waals surface area contributed by atoms with Gasteiger partial charge in [-0.25, -0.2) is 9.97 Å². The number of carbonyl (C=O) groups excluding carboxylic acids is 1. The second-order valence-corrected chi connectivity index (χ2v) is 7.20. The fourth-order valence-corrected chi connectivity index (χ4v) is 2.74. The molecule has 6 nitrogen and oxygen atoms in total. The van der Waals surface area contributed by atoms with Gasteiger partial charge in [0.25, 0.3) is 5.91 Å². The van der Waals surface area contributed by atoms with E-state index in [2.05, 4.69) is 20.6 Å². The summed E-state index contributed by atoms with van der Waals surface area (Å²) in [5.74, 6) is 0.940. The van der Waals surface area contributed by atoms with Gasteiger partial charge in [0.2, 0.25) is 5.95 Å². The van der Waals surface area contributed by atoms with Gasteiger partial charge in [0.05, 0.1) is 6.10 Å². The lowest BCUT2D eigenvalue weighted by molar-refractivity contribution is 0.0945. The highest BCUT2D eigenvalue weighted by Crippen LogP contribution is 2.19. The highest BCUT2D eigenvalue weighted by atomic mass is 16.5. The van der Waals surface area contributed by atoms with E-state index in [9.17, 15) is 4.79 Å². The van der Waals surface area contributed by atoms with E-state index in [-0.39, 0.29) is 12.0 Å². The highest BCUT2D eigenvalue weighted by Gasteiger charge is 2.11. The first-order chi connectivity index (χ1) is 13.9. The lowest BCUT2D eigenvalue weighted by Gasteiger charge is -2.11. The van der Waals surface area contributed by atoms with Gasteiger partial charge < -0.3 is 15.4 Å². The molecule has 29 heavy (non-hydrogen) atoms. The number of hydrogen-bond donors (Lipinski definition) is 2. The second-order valence-electron chi connectivity index (χ2n) is 7.20. The molecule has 0 saturated carbocycles. The molecule has 2 N–H and O–H groups in total. The fraction of sp³-hybridized carbons (Fsp3) is 0.261. The molecule has 0 bridgehead atoms. The summed E-state index contributed by atoms with van der Waals surface area (Å²) in [6.45, 7) is 8.28. The van der Waals surface area contributed by atoms with Crippen LogP contribution in [-0.2, 0) is 6.54 Å². The van der Waals surface area contributed by atoms with Gasteiger partial charge in [-0.15, -0.1) is 0 Å². The zero-order valence-corrected chi connectivity index (χ0v) is 17.2. The van der Waals surface area contributed by atoms with Gasteiger partial charge in [-0.1, -0.05) is 29.8 Å². The highest BCUT2D eigenvalue weighted by molar-refractivity contribution is 5.92. The lowest BCUT2D eigenvalue weighted by Crippen LogP contribution is -2.24.